The second-order valence-corrected chi connectivity index (χ2v) is 10.5. The summed E-state index contributed by atoms with van der Waals surface area (Å²) in [5.74, 6) is -0.137. The molecular weight excluding hydrogens is 512 g/mol. The van der Waals surface area contributed by atoms with Crippen LogP contribution in [0.3, 0.4) is 0 Å². The Morgan fingerprint density at radius 3 is 2.26 bits per heavy atom. The van der Waals surface area contributed by atoms with Crippen molar-refractivity contribution in [3.63, 3.8) is 0 Å². The Kier molecular flexibility index (Phi) is 11.4. The lowest BCUT2D eigenvalue weighted by Crippen LogP contribution is -2.64. The minimum absolute atomic E-state index is 0.137. The van der Waals surface area contributed by atoms with Crippen LogP contribution in [-0.4, -0.2) is 60.2 Å². The molecule has 0 aliphatic carbocycles. The average molecular weight is 551 g/mol. The van der Waals surface area contributed by atoms with Crippen molar-refractivity contribution >= 4 is 17.7 Å². The van der Waals surface area contributed by atoms with E-state index in [0.29, 0.717) is 32.6 Å². The van der Waals surface area contributed by atoms with Crippen molar-refractivity contribution < 1.29 is 24.1 Å². The lowest BCUT2D eigenvalue weighted by Gasteiger charge is -2.44. The monoisotopic (exact) mass is 550 g/mol. The maximum atomic E-state index is 12.6. The molecule has 4 rings (SSSR count). The van der Waals surface area contributed by atoms with Crippen molar-refractivity contribution in [2.45, 2.75) is 55.8 Å². The van der Waals surface area contributed by atoms with Gasteiger partial charge in [0.2, 0.25) is 5.91 Å². The molecule has 0 aromatic heterocycles. The number of nitrogens with two attached hydrogens (primary N) is 1. The van der Waals surface area contributed by atoms with Gasteiger partial charge in [-0.25, -0.2) is 0 Å². The van der Waals surface area contributed by atoms with Crippen molar-refractivity contribution in [2.24, 2.45) is 5.73 Å². The van der Waals surface area contributed by atoms with E-state index in [0.717, 1.165) is 22.3 Å². The molecule has 0 spiro atoms. The van der Waals surface area contributed by atoms with Crippen LogP contribution in [0.25, 0.3) is 11.1 Å². The molecule has 3 aromatic carbocycles. The lowest BCUT2D eigenvalue weighted by molar-refractivity contribution is -0.196. The van der Waals surface area contributed by atoms with E-state index in [1.807, 2.05) is 66.9 Å². The van der Waals surface area contributed by atoms with E-state index in [4.69, 9.17) is 19.9 Å². The number of hydrogen-bond donors (Lipinski definition) is 3. The maximum Gasteiger partial charge on any atom is 0.220 e. The van der Waals surface area contributed by atoms with Crippen LogP contribution in [0.5, 0.6) is 0 Å². The molecule has 4 N–H and O–H groups in total. The van der Waals surface area contributed by atoms with Gasteiger partial charge in [0.05, 0.1) is 25.9 Å². The number of carbonyl (C=O) groups excluding carboxylic acids is 1. The fraction of sp³-hybridized carbons (Fsp3) is 0.387. The number of carbonyl (C=O) groups is 1. The topological polar surface area (TPSA) is 103 Å². The van der Waals surface area contributed by atoms with E-state index >= 15 is 0 Å². The van der Waals surface area contributed by atoms with Crippen LogP contribution in [-0.2, 0) is 32.2 Å². The predicted molar refractivity (Wildman–Crippen MR) is 155 cm³/mol. The molecule has 1 amide bonds. The van der Waals surface area contributed by atoms with Crippen LogP contribution in [0.2, 0.25) is 0 Å². The minimum Gasteiger partial charge on any atom is -0.388 e. The standard InChI is InChI=1S/C31H38N2O5S/c1-39-31-28(33-27(34)13-8-18-32)30(37-20-22-9-4-2-5-10-22)29(35)26(38-31)21-36-19-23-14-16-25(17-15-23)24-11-6-3-7-12-24/h2-7,9-12,14-17,26,28-31,35H,8,13,18-21,32H2,1H3,(H,33,34)/t26-,28-,29-,30-,31?/m1/s1. The first-order chi connectivity index (χ1) is 19.1. The van der Waals surface area contributed by atoms with Crippen molar-refractivity contribution in [2.75, 3.05) is 19.4 Å². The summed E-state index contributed by atoms with van der Waals surface area (Å²) in [6, 6.07) is 27.7. The molecular formula is C31H38N2O5S. The molecule has 3 aromatic rings. The van der Waals surface area contributed by atoms with Gasteiger partial charge in [0, 0.05) is 6.42 Å². The highest BCUT2D eigenvalue weighted by Crippen LogP contribution is 2.30. The molecule has 0 radical (unpaired) electrons. The fourth-order valence-corrected chi connectivity index (χ4v) is 5.38. The number of amides is 1. The number of benzene rings is 3. The lowest BCUT2D eigenvalue weighted by atomic mass is 9.97. The number of nitrogens with one attached hydrogen (secondary N) is 1. The van der Waals surface area contributed by atoms with Gasteiger partial charge in [-0.3, -0.25) is 4.79 Å². The summed E-state index contributed by atoms with van der Waals surface area (Å²) in [4.78, 5) is 12.6. The Morgan fingerprint density at radius 1 is 0.949 bits per heavy atom. The van der Waals surface area contributed by atoms with E-state index in [1.165, 1.54) is 11.8 Å². The largest absolute Gasteiger partial charge is 0.388 e. The molecule has 0 bridgehead atoms. The summed E-state index contributed by atoms with van der Waals surface area (Å²) in [5, 5.41) is 14.4. The summed E-state index contributed by atoms with van der Waals surface area (Å²) in [6.07, 6.45) is 0.551. The second kappa shape index (κ2) is 15.2. The molecule has 5 atom stereocenters. The van der Waals surface area contributed by atoms with E-state index in [-0.39, 0.29) is 12.5 Å². The third-order valence-corrected chi connectivity index (χ3v) is 7.61. The molecule has 1 fully saturated rings. The van der Waals surface area contributed by atoms with Gasteiger partial charge < -0.3 is 30.4 Å². The Hall–Kier alpha value is -2.72. The zero-order valence-corrected chi connectivity index (χ0v) is 23.1. The number of thioether (sulfide) groups is 1. The van der Waals surface area contributed by atoms with E-state index in [9.17, 15) is 9.90 Å². The molecule has 7 nitrogen and oxygen atoms in total. The van der Waals surface area contributed by atoms with Gasteiger partial charge in [0.1, 0.15) is 23.7 Å². The summed E-state index contributed by atoms with van der Waals surface area (Å²) in [7, 11) is 0. The number of ether oxygens (including phenoxy) is 3. The zero-order valence-electron chi connectivity index (χ0n) is 22.3. The van der Waals surface area contributed by atoms with Crippen LogP contribution >= 0.6 is 11.8 Å². The van der Waals surface area contributed by atoms with Crippen LogP contribution < -0.4 is 11.1 Å². The second-order valence-electron chi connectivity index (χ2n) is 9.59. The van der Waals surface area contributed by atoms with Crippen LogP contribution in [0.4, 0.5) is 0 Å². The summed E-state index contributed by atoms with van der Waals surface area (Å²) >= 11 is 1.47. The predicted octanol–water partition coefficient (Wildman–Crippen LogP) is 4.13. The van der Waals surface area contributed by atoms with Crippen LogP contribution in [0, 0.1) is 0 Å². The molecule has 39 heavy (non-hydrogen) atoms. The summed E-state index contributed by atoms with van der Waals surface area (Å²) in [6.45, 7) is 1.32. The molecule has 1 aliphatic rings. The van der Waals surface area contributed by atoms with E-state index in [2.05, 4.69) is 29.6 Å². The van der Waals surface area contributed by atoms with E-state index in [1.54, 1.807) is 0 Å². The summed E-state index contributed by atoms with van der Waals surface area (Å²) < 4.78 is 18.5. The van der Waals surface area contributed by atoms with Gasteiger partial charge in [0.25, 0.3) is 0 Å². The molecule has 1 aliphatic heterocycles. The third kappa shape index (κ3) is 8.38. The van der Waals surface area contributed by atoms with Gasteiger partial charge in [-0.05, 0) is 41.5 Å². The van der Waals surface area contributed by atoms with Crippen molar-refractivity contribution in [1.82, 2.24) is 5.32 Å². The average Bonchev–Trinajstić information content (AvgIpc) is 2.98. The number of aliphatic hydroxyl groups excluding tert-OH is 1. The van der Waals surface area contributed by atoms with Crippen LogP contribution in [0.1, 0.15) is 24.0 Å². The fourth-order valence-electron chi connectivity index (χ4n) is 4.61. The molecule has 0 saturated carbocycles. The third-order valence-electron chi connectivity index (χ3n) is 6.74. The Balaban J connectivity index is 1.39. The number of aliphatic hydroxyl groups is 1. The smallest absolute Gasteiger partial charge is 0.220 e. The first-order valence-electron chi connectivity index (χ1n) is 13.3. The van der Waals surface area contributed by atoms with Gasteiger partial charge in [-0.15, -0.1) is 11.8 Å². The Bertz CT molecular complexity index is 1130. The zero-order chi connectivity index (χ0) is 27.5. The minimum atomic E-state index is -0.989. The SMILES string of the molecule is CSC1O[C@H](COCc2ccc(-c3ccccc3)cc2)[C@@H](O)[C@H](OCc2ccccc2)[C@H]1NC(=O)CCCN. The maximum absolute atomic E-state index is 12.6. The summed E-state index contributed by atoms with van der Waals surface area (Å²) in [5.41, 5.74) is 9.49. The van der Waals surface area contributed by atoms with Gasteiger partial charge >= 0.3 is 0 Å². The molecule has 1 heterocycles. The Labute approximate surface area is 235 Å². The van der Waals surface area contributed by atoms with E-state index < -0.39 is 29.8 Å². The Morgan fingerprint density at radius 2 is 1.59 bits per heavy atom. The first-order valence-corrected chi connectivity index (χ1v) is 14.6. The highest BCUT2D eigenvalue weighted by Gasteiger charge is 2.46. The van der Waals surface area contributed by atoms with Crippen molar-refractivity contribution in [1.29, 1.82) is 0 Å². The normalized spacial score (nSPS) is 22.9. The number of hydrogen-bond acceptors (Lipinski definition) is 7. The highest BCUT2D eigenvalue weighted by molar-refractivity contribution is 7.99. The number of rotatable bonds is 13. The molecule has 1 saturated heterocycles. The molecule has 8 heteroatoms. The van der Waals surface area contributed by atoms with Crippen molar-refractivity contribution in [3.8, 4) is 11.1 Å². The van der Waals surface area contributed by atoms with Gasteiger partial charge in [-0.1, -0.05) is 84.9 Å². The van der Waals surface area contributed by atoms with Crippen molar-refractivity contribution in [3.05, 3.63) is 96.1 Å². The highest BCUT2D eigenvalue weighted by atomic mass is 32.2. The quantitative estimate of drug-likeness (QED) is 0.294. The van der Waals surface area contributed by atoms with Gasteiger partial charge in [0.15, 0.2) is 0 Å². The van der Waals surface area contributed by atoms with Gasteiger partial charge in [-0.2, -0.15) is 0 Å². The molecule has 208 valence electrons. The molecule has 1 unspecified atom stereocenters. The first kappa shape index (κ1) is 29.3. The van der Waals surface area contributed by atoms with Crippen LogP contribution in [0.15, 0.2) is 84.9 Å².